The van der Waals surface area contributed by atoms with Gasteiger partial charge in [-0.15, -0.1) is 0 Å². The maximum Gasteiger partial charge on any atom is 0.231 e. The van der Waals surface area contributed by atoms with Crippen LogP contribution in [0.1, 0.15) is 49.3 Å². The molecule has 0 spiro atoms. The van der Waals surface area contributed by atoms with Gasteiger partial charge < -0.3 is 10.6 Å². The van der Waals surface area contributed by atoms with E-state index in [1.807, 2.05) is 13.0 Å². The third-order valence-electron chi connectivity index (χ3n) is 3.96. The average molecular weight is 248 g/mol. The van der Waals surface area contributed by atoms with E-state index in [0.717, 1.165) is 24.1 Å². The number of nitrogens with one attached hydrogen (secondary N) is 2. The topological polar surface area (TPSA) is 41.1 Å². The van der Waals surface area contributed by atoms with Crippen molar-refractivity contribution in [2.75, 3.05) is 11.9 Å². The lowest BCUT2D eigenvalue weighted by molar-refractivity contribution is -0.116. The summed E-state index contributed by atoms with van der Waals surface area (Å²) in [6, 6.07) is 3.76. The van der Waals surface area contributed by atoms with Crippen LogP contribution in [0, 0.1) is 5.82 Å². The smallest absolute Gasteiger partial charge is 0.231 e. The van der Waals surface area contributed by atoms with Crippen LogP contribution in [0.25, 0.3) is 0 Å². The number of benzene rings is 1. The molecule has 2 N–H and O–H groups in total. The molecule has 2 aliphatic rings. The number of halogens is 1. The summed E-state index contributed by atoms with van der Waals surface area (Å²) in [6.07, 6.45) is 3.39. The quantitative estimate of drug-likeness (QED) is 0.802. The van der Waals surface area contributed by atoms with Crippen LogP contribution in [0.15, 0.2) is 12.1 Å². The summed E-state index contributed by atoms with van der Waals surface area (Å²) in [7, 11) is 0. The van der Waals surface area contributed by atoms with E-state index in [0.29, 0.717) is 5.69 Å². The van der Waals surface area contributed by atoms with E-state index in [-0.39, 0.29) is 23.7 Å². The predicted molar refractivity (Wildman–Crippen MR) is 68.0 cm³/mol. The molecule has 18 heavy (non-hydrogen) atoms. The summed E-state index contributed by atoms with van der Waals surface area (Å²) in [4.78, 5) is 11.6. The lowest BCUT2D eigenvalue weighted by Crippen LogP contribution is -2.26. The molecule has 2 atom stereocenters. The van der Waals surface area contributed by atoms with E-state index >= 15 is 0 Å². The molecule has 3 rings (SSSR count). The summed E-state index contributed by atoms with van der Waals surface area (Å²) in [5, 5.41) is 6.02. The highest BCUT2D eigenvalue weighted by atomic mass is 19.1. The number of amides is 1. The monoisotopic (exact) mass is 248 g/mol. The molecule has 1 aromatic rings. The van der Waals surface area contributed by atoms with E-state index in [9.17, 15) is 9.18 Å². The Labute approximate surface area is 106 Å². The van der Waals surface area contributed by atoms with Crippen molar-refractivity contribution in [2.45, 2.75) is 38.1 Å². The molecular formula is C14H17FN2O. The summed E-state index contributed by atoms with van der Waals surface area (Å²) in [5.74, 6) is -0.678. The van der Waals surface area contributed by atoms with Crippen molar-refractivity contribution in [1.82, 2.24) is 5.32 Å². The third kappa shape index (κ3) is 1.81. The second-order valence-electron chi connectivity index (χ2n) is 5.18. The Balaban J connectivity index is 1.98. The van der Waals surface area contributed by atoms with Crippen LogP contribution < -0.4 is 10.6 Å². The lowest BCUT2D eigenvalue weighted by Gasteiger charge is -2.24. The molecule has 0 aromatic heterocycles. The van der Waals surface area contributed by atoms with E-state index in [1.165, 1.54) is 12.8 Å². The van der Waals surface area contributed by atoms with Gasteiger partial charge in [0, 0.05) is 6.04 Å². The summed E-state index contributed by atoms with van der Waals surface area (Å²) in [5.41, 5.74) is 2.13. The molecule has 0 saturated carbocycles. The van der Waals surface area contributed by atoms with E-state index in [2.05, 4.69) is 10.6 Å². The Morgan fingerprint density at radius 2 is 2.17 bits per heavy atom. The van der Waals surface area contributed by atoms with Crippen molar-refractivity contribution >= 4 is 11.6 Å². The van der Waals surface area contributed by atoms with E-state index in [1.54, 1.807) is 6.07 Å². The zero-order chi connectivity index (χ0) is 12.7. The average Bonchev–Trinajstić information content (AvgIpc) is 2.68. The Bertz CT molecular complexity index is 495. The van der Waals surface area contributed by atoms with Gasteiger partial charge in [-0.25, -0.2) is 4.39 Å². The molecule has 2 heterocycles. The first-order valence-corrected chi connectivity index (χ1v) is 6.54. The van der Waals surface area contributed by atoms with Gasteiger partial charge in [0.1, 0.15) is 5.82 Å². The molecule has 0 aliphatic carbocycles. The van der Waals surface area contributed by atoms with Gasteiger partial charge in [0.05, 0.1) is 11.6 Å². The molecule has 0 radical (unpaired) electrons. The number of fused-ring (bicyclic) bond motifs is 1. The molecule has 3 nitrogen and oxygen atoms in total. The van der Waals surface area contributed by atoms with Crippen LogP contribution in [0.3, 0.4) is 0 Å². The van der Waals surface area contributed by atoms with Crippen LogP contribution in [-0.2, 0) is 4.79 Å². The molecule has 2 aliphatic heterocycles. The number of carbonyl (C=O) groups is 1. The van der Waals surface area contributed by atoms with Gasteiger partial charge in [-0.1, -0.05) is 12.5 Å². The van der Waals surface area contributed by atoms with Crippen molar-refractivity contribution in [3.05, 3.63) is 29.1 Å². The van der Waals surface area contributed by atoms with Crippen LogP contribution >= 0.6 is 0 Å². The van der Waals surface area contributed by atoms with Gasteiger partial charge in [-0.2, -0.15) is 0 Å². The Morgan fingerprint density at radius 1 is 1.33 bits per heavy atom. The van der Waals surface area contributed by atoms with Crippen LogP contribution in [0.5, 0.6) is 0 Å². The predicted octanol–water partition coefficient (Wildman–Crippen LogP) is 2.70. The largest absolute Gasteiger partial charge is 0.323 e. The molecule has 0 bridgehead atoms. The second-order valence-corrected chi connectivity index (χ2v) is 5.18. The second kappa shape index (κ2) is 4.35. The number of rotatable bonds is 1. The number of hydrogen-bond acceptors (Lipinski definition) is 2. The fraction of sp³-hybridized carbons (Fsp3) is 0.500. The fourth-order valence-electron chi connectivity index (χ4n) is 2.83. The number of anilines is 1. The van der Waals surface area contributed by atoms with Crippen LogP contribution in [0.4, 0.5) is 10.1 Å². The van der Waals surface area contributed by atoms with E-state index in [4.69, 9.17) is 0 Å². The van der Waals surface area contributed by atoms with Crippen molar-refractivity contribution in [3.8, 4) is 0 Å². The summed E-state index contributed by atoms with van der Waals surface area (Å²) >= 11 is 0. The highest BCUT2D eigenvalue weighted by Crippen LogP contribution is 2.37. The number of piperidine rings is 1. The molecule has 4 heteroatoms. The molecule has 1 amide bonds. The van der Waals surface area contributed by atoms with Crippen molar-refractivity contribution in [1.29, 1.82) is 0 Å². The first-order valence-electron chi connectivity index (χ1n) is 6.54. The van der Waals surface area contributed by atoms with Crippen LogP contribution in [-0.4, -0.2) is 12.5 Å². The fourth-order valence-corrected chi connectivity index (χ4v) is 2.83. The Morgan fingerprint density at radius 3 is 2.89 bits per heavy atom. The van der Waals surface area contributed by atoms with Gasteiger partial charge in [-0.05, 0) is 43.5 Å². The lowest BCUT2D eigenvalue weighted by atomic mass is 9.93. The van der Waals surface area contributed by atoms with E-state index < -0.39 is 0 Å². The minimum atomic E-state index is -0.312. The standard InChI is InChI=1S/C14H17FN2O/c1-8-10-6-9(12-4-2-3-5-16-12)7-11(15)13(10)17-14(8)18/h6-8,12,16H,2-5H2,1H3,(H,17,18). The number of carbonyl (C=O) groups excluding carboxylic acids is 1. The summed E-state index contributed by atoms with van der Waals surface area (Å²) in [6.45, 7) is 2.80. The number of hydrogen-bond donors (Lipinski definition) is 2. The molecule has 96 valence electrons. The highest BCUT2D eigenvalue weighted by molar-refractivity contribution is 6.02. The van der Waals surface area contributed by atoms with Crippen molar-refractivity contribution < 1.29 is 9.18 Å². The first kappa shape index (κ1) is 11.7. The van der Waals surface area contributed by atoms with Crippen molar-refractivity contribution in [2.24, 2.45) is 0 Å². The van der Waals surface area contributed by atoms with Gasteiger partial charge >= 0.3 is 0 Å². The van der Waals surface area contributed by atoms with Gasteiger partial charge in [-0.3, -0.25) is 4.79 Å². The first-order chi connectivity index (χ1) is 8.66. The minimum Gasteiger partial charge on any atom is -0.323 e. The highest BCUT2D eigenvalue weighted by Gasteiger charge is 2.30. The molecule has 1 aromatic carbocycles. The summed E-state index contributed by atoms with van der Waals surface area (Å²) < 4.78 is 14.0. The molecular weight excluding hydrogens is 231 g/mol. The minimum absolute atomic E-state index is 0.113. The molecule has 2 unspecified atom stereocenters. The zero-order valence-electron chi connectivity index (χ0n) is 10.4. The van der Waals surface area contributed by atoms with Gasteiger partial charge in [0.2, 0.25) is 5.91 Å². The van der Waals surface area contributed by atoms with Crippen molar-refractivity contribution in [3.63, 3.8) is 0 Å². The van der Waals surface area contributed by atoms with Gasteiger partial charge in [0.15, 0.2) is 0 Å². The van der Waals surface area contributed by atoms with Gasteiger partial charge in [0.25, 0.3) is 0 Å². The normalized spacial score (nSPS) is 26.9. The SMILES string of the molecule is CC1C(=O)Nc2c(F)cc(C3CCCCN3)cc21. The molecule has 1 saturated heterocycles. The van der Waals surface area contributed by atoms with Crippen LogP contribution in [0.2, 0.25) is 0 Å². The maximum atomic E-state index is 14.0. The zero-order valence-corrected chi connectivity index (χ0v) is 10.4. The third-order valence-corrected chi connectivity index (χ3v) is 3.96. The Hall–Kier alpha value is -1.42. The Kier molecular flexibility index (Phi) is 2.82. The maximum absolute atomic E-state index is 14.0. The molecule has 1 fully saturated rings.